The second-order valence-corrected chi connectivity index (χ2v) is 17.6. The van der Waals surface area contributed by atoms with Crippen molar-refractivity contribution >= 4 is 29.6 Å². The summed E-state index contributed by atoms with van der Waals surface area (Å²) in [6.45, 7) is 15.7. The number of carbonyl (C=O) groups excluding carboxylic acids is 4. The van der Waals surface area contributed by atoms with Gasteiger partial charge in [0.2, 0.25) is 23.6 Å². The maximum atomic E-state index is 14.5. The fourth-order valence-electron chi connectivity index (χ4n) is 8.30. The van der Waals surface area contributed by atoms with Crippen molar-refractivity contribution in [1.82, 2.24) is 25.8 Å². The van der Waals surface area contributed by atoms with E-state index in [2.05, 4.69) is 16.0 Å². The predicted octanol–water partition coefficient (Wildman–Crippen LogP) is 4.02. The van der Waals surface area contributed by atoms with E-state index in [0.717, 1.165) is 12.8 Å². The van der Waals surface area contributed by atoms with Gasteiger partial charge in [-0.15, -0.1) is 0 Å². The fourth-order valence-corrected chi connectivity index (χ4v) is 8.30. The number of likely N-dealkylation sites (N-methyl/N-ethyl adjacent to an activating group) is 2. The van der Waals surface area contributed by atoms with Gasteiger partial charge >= 0.3 is 5.97 Å². The van der Waals surface area contributed by atoms with Gasteiger partial charge in [-0.05, 0) is 60.6 Å². The molecule has 1 aliphatic heterocycles. The van der Waals surface area contributed by atoms with E-state index in [0.29, 0.717) is 19.4 Å². The number of nitrogens with zero attached hydrogens (tertiary/aromatic N) is 2. The molecule has 0 aromatic heterocycles. The molecule has 0 radical (unpaired) electrons. The summed E-state index contributed by atoms with van der Waals surface area (Å²) in [6.07, 6.45) is 1.43. The highest BCUT2D eigenvalue weighted by molar-refractivity contribution is 5.91. The van der Waals surface area contributed by atoms with E-state index in [1.165, 1.54) is 32.4 Å². The zero-order valence-corrected chi connectivity index (χ0v) is 35.6. The molecular formula is C42H68FN5O8. The molecule has 4 amide bonds. The molecule has 316 valence electrons. The lowest BCUT2D eigenvalue weighted by Gasteiger charge is -2.42. The Bertz CT molecular complexity index is 1530. The van der Waals surface area contributed by atoms with Crippen molar-refractivity contribution in [2.45, 2.75) is 136 Å². The van der Waals surface area contributed by atoms with Crippen LogP contribution in [0.1, 0.15) is 93.1 Å². The molecule has 56 heavy (non-hydrogen) atoms. The van der Waals surface area contributed by atoms with Gasteiger partial charge in [0.15, 0.2) is 0 Å². The molecule has 3 rings (SSSR count). The number of methoxy groups -OCH3 is 2. The Labute approximate surface area is 333 Å². The molecule has 14 heteroatoms. The Morgan fingerprint density at radius 1 is 1.02 bits per heavy atom. The van der Waals surface area contributed by atoms with Crippen molar-refractivity contribution < 1.29 is 42.9 Å². The normalized spacial score (nSPS) is 20.7. The molecule has 1 aliphatic carbocycles. The van der Waals surface area contributed by atoms with Gasteiger partial charge in [0.05, 0.1) is 42.7 Å². The number of amides is 4. The van der Waals surface area contributed by atoms with E-state index in [1.54, 1.807) is 36.9 Å². The largest absolute Gasteiger partial charge is 0.480 e. The number of benzene rings is 1. The van der Waals surface area contributed by atoms with Crippen LogP contribution < -0.4 is 16.0 Å². The van der Waals surface area contributed by atoms with Crippen LogP contribution in [0.4, 0.5) is 4.39 Å². The highest BCUT2D eigenvalue weighted by Gasteiger charge is 2.56. The molecule has 1 saturated carbocycles. The lowest BCUT2D eigenvalue weighted by Crippen LogP contribution is -2.61. The topological polar surface area (TPSA) is 167 Å². The van der Waals surface area contributed by atoms with Gasteiger partial charge in [0.1, 0.15) is 17.9 Å². The van der Waals surface area contributed by atoms with Crippen LogP contribution >= 0.6 is 0 Å². The molecule has 1 spiro atoms. The number of nitrogens with one attached hydrogen (secondary N) is 3. The van der Waals surface area contributed by atoms with Crippen molar-refractivity contribution in [3.05, 3.63) is 35.6 Å². The first kappa shape index (κ1) is 46.8. The number of hydrogen-bond donors (Lipinski definition) is 4. The third-order valence-corrected chi connectivity index (χ3v) is 12.1. The number of carboxylic acids is 1. The lowest BCUT2D eigenvalue weighted by molar-refractivity contribution is -0.149. The molecule has 1 heterocycles. The van der Waals surface area contributed by atoms with Crippen molar-refractivity contribution in [3.8, 4) is 0 Å². The van der Waals surface area contributed by atoms with Gasteiger partial charge in [0, 0.05) is 34.2 Å². The monoisotopic (exact) mass is 790 g/mol. The maximum Gasteiger partial charge on any atom is 0.326 e. The smallest absolute Gasteiger partial charge is 0.326 e. The van der Waals surface area contributed by atoms with E-state index in [-0.39, 0.29) is 53.4 Å². The van der Waals surface area contributed by atoms with Gasteiger partial charge < -0.3 is 40.3 Å². The first-order valence-electron chi connectivity index (χ1n) is 20.0. The van der Waals surface area contributed by atoms with E-state index < -0.39 is 71.4 Å². The standard InChI is InChI=1S/C42H68FN5O8/c1-13-25(4)34(47(10)39(52)36(41(6,7)8)46-38(51)33(44-9)24(2)3)31(55-11)21-32(49)48-23-42(18-19-42)22-30(48)35(56-12)26(5)37(50)45-29(40(53)54)20-27-16-14-15-17-28(27)43/h14-17,24-26,29-31,33-36,44H,13,18-23H2,1-12H3,(H,45,50)(H,46,51)(H,53,54)/t25-,26+,29-,30-,31?,33-,34-,35+,36+/m0/s1. The highest BCUT2D eigenvalue weighted by atomic mass is 19.1. The molecule has 0 bridgehead atoms. The SMILES string of the molecule is CC[C@H](C)[C@@H](C(CC(=O)N1CC2(CC2)C[C@H]1[C@H](OC)[C@@H](C)C(=O)N[C@@H](Cc1ccccc1F)C(=O)O)OC)N(C)C(=O)[C@@H](NC(=O)[C@@H](NC)C(C)C)C(C)(C)C. The number of rotatable bonds is 20. The van der Waals surface area contributed by atoms with Gasteiger partial charge in [-0.2, -0.15) is 0 Å². The molecule has 13 nitrogen and oxygen atoms in total. The van der Waals surface area contributed by atoms with Crippen LogP contribution in [0.3, 0.4) is 0 Å². The van der Waals surface area contributed by atoms with E-state index in [9.17, 15) is 33.5 Å². The van der Waals surface area contributed by atoms with Crippen LogP contribution in [-0.2, 0) is 39.9 Å². The molecule has 1 saturated heterocycles. The summed E-state index contributed by atoms with van der Waals surface area (Å²) in [7, 11) is 6.43. The van der Waals surface area contributed by atoms with Gasteiger partial charge in [-0.25, -0.2) is 9.18 Å². The highest BCUT2D eigenvalue weighted by Crippen LogP contribution is 2.56. The number of carbonyl (C=O) groups is 5. The molecule has 2 fully saturated rings. The molecule has 1 aromatic carbocycles. The predicted molar refractivity (Wildman–Crippen MR) is 212 cm³/mol. The molecule has 2 aliphatic rings. The Hall–Kier alpha value is -3.62. The van der Waals surface area contributed by atoms with Crippen LogP contribution in [0.2, 0.25) is 0 Å². The fraction of sp³-hybridized carbons (Fsp3) is 0.738. The summed E-state index contributed by atoms with van der Waals surface area (Å²) < 4.78 is 26.4. The van der Waals surface area contributed by atoms with Gasteiger partial charge in [-0.3, -0.25) is 19.2 Å². The minimum absolute atomic E-state index is 0.00305. The number of likely N-dealkylation sites (tertiary alicyclic amines) is 1. The van der Waals surface area contributed by atoms with Crippen LogP contribution in [0.25, 0.3) is 0 Å². The Morgan fingerprint density at radius 2 is 1.64 bits per heavy atom. The summed E-state index contributed by atoms with van der Waals surface area (Å²) in [5.74, 6) is -4.12. The quantitative estimate of drug-likeness (QED) is 0.153. The average molecular weight is 790 g/mol. The van der Waals surface area contributed by atoms with Crippen molar-refractivity contribution in [1.29, 1.82) is 0 Å². The first-order chi connectivity index (χ1) is 26.2. The Kier molecular flexibility index (Phi) is 16.4. The maximum absolute atomic E-state index is 14.5. The minimum Gasteiger partial charge on any atom is -0.480 e. The molecule has 1 unspecified atom stereocenters. The van der Waals surface area contributed by atoms with Gasteiger partial charge in [-0.1, -0.05) is 80.0 Å². The summed E-state index contributed by atoms with van der Waals surface area (Å²) in [5.41, 5.74) is -0.550. The summed E-state index contributed by atoms with van der Waals surface area (Å²) in [5, 5.41) is 18.6. The van der Waals surface area contributed by atoms with Crippen LogP contribution in [0, 0.1) is 34.4 Å². The molecule has 4 N–H and O–H groups in total. The third kappa shape index (κ3) is 11.3. The number of halogens is 1. The summed E-state index contributed by atoms with van der Waals surface area (Å²) in [6, 6.07) is 2.12. The molecule has 1 aromatic rings. The van der Waals surface area contributed by atoms with Crippen LogP contribution in [-0.4, -0.2) is 122 Å². The zero-order chi connectivity index (χ0) is 42.3. The Morgan fingerprint density at radius 3 is 2.12 bits per heavy atom. The van der Waals surface area contributed by atoms with E-state index >= 15 is 0 Å². The van der Waals surface area contributed by atoms with Gasteiger partial charge in [0.25, 0.3) is 0 Å². The molecule has 9 atom stereocenters. The number of carboxylic acid groups (broad SMARTS) is 1. The van der Waals surface area contributed by atoms with Crippen LogP contribution in [0.5, 0.6) is 0 Å². The van der Waals surface area contributed by atoms with Crippen molar-refractivity contribution in [3.63, 3.8) is 0 Å². The zero-order valence-electron chi connectivity index (χ0n) is 35.6. The van der Waals surface area contributed by atoms with E-state index in [4.69, 9.17) is 9.47 Å². The number of aliphatic carboxylic acids is 1. The van der Waals surface area contributed by atoms with E-state index in [1.807, 2.05) is 48.5 Å². The number of ether oxygens (including phenoxy) is 2. The van der Waals surface area contributed by atoms with Crippen molar-refractivity contribution in [2.24, 2.45) is 28.6 Å². The lowest BCUT2D eigenvalue weighted by atomic mass is 9.83. The summed E-state index contributed by atoms with van der Waals surface area (Å²) >= 11 is 0. The summed E-state index contributed by atoms with van der Waals surface area (Å²) in [4.78, 5) is 71.5. The third-order valence-electron chi connectivity index (χ3n) is 12.1. The average Bonchev–Trinajstić information content (AvgIpc) is 3.79. The second-order valence-electron chi connectivity index (χ2n) is 17.6. The molecular weight excluding hydrogens is 721 g/mol. The Balaban J connectivity index is 1.86. The second kappa shape index (κ2) is 19.7. The van der Waals surface area contributed by atoms with Crippen molar-refractivity contribution in [2.75, 3.05) is 34.9 Å². The minimum atomic E-state index is -1.37. The van der Waals surface area contributed by atoms with Crippen LogP contribution in [0.15, 0.2) is 24.3 Å². The first-order valence-corrected chi connectivity index (χ1v) is 20.0. The number of hydrogen-bond acceptors (Lipinski definition) is 8.